The number of para-hydroxylation sites is 1. The van der Waals surface area contributed by atoms with Gasteiger partial charge in [0.1, 0.15) is 5.75 Å². The Labute approximate surface area is 196 Å². The van der Waals surface area contributed by atoms with Gasteiger partial charge in [0, 0.05) is 30.6 Å². The standard InChI is InChI=1S/C23H23N3O7S/c27-19(16-5-7-17(8-6-16)34(30,31)25-10-13-32-14-11-25)15-26-21(28)23(24-22(26)29)9-12-33-20-4-2-1-3-18(20)23/h1-8H,9-15H2,(H,24,29)/t23-/m0/s1. The summed E-state index contributed by atoms with van der Waals surface area (Å²) in [6.07, 6.45) is 0.257. The van der Waals surface area contributed by atoms with Crippen LogP contribution in [0, 0.1) is 0 Å². The molecule has 1 spiro atoms. The average molecular weight is 486 g/mol. The summed E-state index contributed by atoms with van der Waals surface area (Å²) in [4.78, 5) is 39.9. The van der Waals surface area contributed by atoms with Gasteiger partial charge in [-0.3, -0.25) is 14.5 Å². The van der Waals surface area contributed by atoms with E-state index in [0.29, 0.717) is 24.5 Å². The average Bonchev–Trinajstić information content (AvgIpc) is 3.09. The van der Waals surface area contributed by atoms with Gasteiger partial charge in [-0.2, -0.15) is 4.31 Å². The highest BCUT2D eigenvalue weighted by Gasteiger charge is 2.55. The molecule has 11 heteroatoms. The van der Waals surface area contributed by atoms with Crippen molar-refractivity contribution in [3.63, 3.8) is 0 Å². The first-order chi connectivity index (χ1) is 16.3. The fourth-order valence-electron chi connectivity index (χ4n) is 4.50. The van der Waals surface area contributed by atoms with E-state index in [9.17, 15) is 22.8 Å². The number of urea groups is 1. The molecule has 1 atom stereocenters. The lowest BCUT2D eigenvalue weighted by atomic mass is 9.84. The summed E-state index contributed by atoms with van der Waals surface area (Å²) in [5, 5.41) is 2.76. The van der Waals surface area contributed by atoms with Gasteiger partial charge in [-0.05, 0) is 30.3 Å². The molecule has 5 rings (SSSR count). The second-order valence-corrected chi connectivity index (χ2v) is 10.2. The van der Waals surface area contributed by atoms with Crippen molar-refractivity contribution in [1.29, 1.82) is 0 Å². The van der Waals surface area contributed by atoms with Gasteiger partial charge in [0.15, 0.2) is 11.3 Å². The Morgan fingerprint density at radius 3 is 2.44 bits per heavy atom. The Morgan fingerprint density at radius 2 is 1.71 bits per heavy atom. The number of imide groups is 1. The topological polar surface area (TPSA) is 122 Å². The third kappa shape index (κ3) is 3.65. The summed E-state index contributed by atoms with van der Waals surface area (Å²) in [6, 6.07) is 11.9. The van der Waals surface area contributed by atoms with Crippen LogP contribution in [0.3, 0.4) is 0 Å². The molecular formula is C23H23N3O7S. The van der Waals surface area contributed by atoms with E-state index in [0.717, 1.165) is 4.90 Å². The molecule has 0 saturated carbocycles. The molecule has 1 N–H and O–H groups in total. The van der Waals surface area contributed by atoms with Crippen LogP contribution in [-0.2, 0) is 25.1 Å². The first kappa shape index (κ1) is 22.5. The van der Waals surface area contributed by atoms with Crippen LogP contribution in [0.2, 0.25) is 0 Å². The minimum absolute atomic E-state index is 0.0682. The van der Waals surface area contributed by atoms with Crippen LogP contribution in [0.1, 0.15) is 22.3 Å². The lowest BCUT2D eigenvalue weighted by Gasteiger charge is -2.33. The van der Waals surface area contributed by atoms with Gasteiger partial charge in [0.2, 0.25) is 10.0 Å². The Hall–Kier alpha value is -3.28. The van der Waals surface area contributed by atoms with E-state index in [-0.39, 0.29) is 36.6 Å². The Kier molecular flexibility index (Phi) is 5.62. The number of ketones is 1. The molecule has 3 aliphatic rings. The summed E-state index contributed by atoms with van der Waals surface area (Å²) in [5.41, 5.74) is -0.496. The zero-order chi connectivity index (χ0) is 23.9. The molecule has 0 bridgehead atoms. The van der Waals surface area contributed by atoms with E-state index in [4.69, 9.17) is 9.47 Å². The van der Waals surface area contributed by atoms with Crippen molar-refractivity contribution in [3.8, 4) is 5.75 Å². The van der Waals surface area contributed by atoms with Gasteiger partial charge in [-0.25, -0.2) is 13.2 Å². The highest BCUT2D eigenvalue weighted by molar-refractivity contribution is 7.89. The minimum Gasteiger partial charge on any atom is -0.493 e. The summed E-state index contributed by atoms with van der Waals surface area (Å²) < 4.78 is 37.7. The van der Waals surface area contributed by atoms with Crippen LogP contribution in [0.5, 0.6) is 5.75 Å². The fraction of sp³-hybridized carbons (Fsp3) is 0.348. The zero-order valence-corrected chi connectivity index (χ0v) is 19.0. The number of Topliss-reactive ketones (excluding diaryl/α,β-unsaturated/α-hetero) is 1. The monoisotopic (exact) mass is 485 g/mol. The number of morpholine rings is 1. The first-order valence-electron chi connectivity index (χ1n) is 10.9. The molecule has 0 aliphatic carbocycles. The molecule has 34 heavy (non-hydrogen) atoms. The number of sulfonamides is 1. The van der Waals surface area contributed by atoms with Gasteiger partial charge < -0.3 is 14.8 Å². The molecule has 10 nitrogen and oxygen atoms in total. The number of nitrogens with zero attached hydrogens (tertiary/aromatic N) is 2. The number of hydrogen-bond acceptors (Lipinski definition) is 7. The maximum absolute atomic E-state index is 13.3. The molecular weight excluding hydrogens is 462 g/mol. The zero-order valence-electron chi connectivity index (χ0n) is 18.2. The van der Waals surface area contributed by atoms with Gasteiger partial charge in [-0.15, -0.1) is 0 Å². The maximum atomic E-state index is 13.3. The predicted octanol–water partition coefficient (Wildman–Crippen LogP) is 1.12. The molecule has 0 unspecified atom stereocenters. The number of amides is 3. The van der Waals surface area contributed by atoms with Crippen molar-refractivity contribution in [2.24, 2.45) is 0 Å². The van der Waals surface area contributed by atoms with Crippen LogP contribution in [0.15, 0.2) is 53.4 Å². The van der Waals surface area contributed by atoms with E-state index in [1.165, 1.54) is 28.6 Å². The van der Waals surface area contributed by atoms with E-state index in [1.807, 2.05) is 0 Å². The number of ether oxygens (including phenoxy) is 2. The second kappa shape index (κ2) is 8.49. The van der Waals surface area contributed by atoms with Crippen LogP contribution in [0.4, 0.5) is 4.79 Å². The molecule has 2 aromatic rings. The molecule has 178 valence electrons. The predicted molar refractivity (Wildman–Crippen MR) is 119 cm³/mol. The quantitative estimate of drug-likeness (QED) is 0.497. The summed E-state index contributed by atoms with van der Waals surface area (Å²) in [7, 11) is -3.69. The number of fused-ring (bicyclic) bond motifs is 2. The second-order valence-electron chi connectivity index (χ2n) is 8.29. The molecule has 0 aromatic heterocycles. The lowest BCUT2D eigenvalue weighted by molar-refractivity contribution is -0.132. The molecule has 2 fully saturated rings. The van der Waals surface area contributed by atoms with E-state index >= 15 is 0 Å². The Bertz CT molecular complexity index is 1260. The number of carbonyl (C=O) groups excluding carboxylic acids is 3. The van der Waals surface area contributed by atoms with Gasteiger partial charge in [0.05, 0.1) is 31.3 Å². The summed E-state index contributed by atoms with van der Waals surface area (Å²) >= 11 is 0. The first-order valence-corrected chi connectivity index (χ1v) is 12.3. The van der Waals surface area contributed by atoms with Crippen molar-refractivity contribution in [2.75, 3.05) is 39.5 Å². The van der Waals surface area contributed by atoms with Crippen LogP contribution in [-0.4, -0.2) is 74.8 Å². The van der Waals surface area contributed by atoms with Crippen LogP contribution >= 0.6 is 0 Å². The molecule has 0 radical (unpaired) electrons. The fourth-order valence-corrected chi connectivity index (χ4v) is 5.91. The number of carbonyl (C=O) groups is 3. The van der Waals surface area contributed by atoms with Gasteiger partial charge in [-0.1, -0.05) is 18.2 Å². The SMILES string of the molecule is O=C(CN1C(=O)N[C@]2(CCOc3ccccc32)C1=O)c1ccc(S(=O)(=O)N2CCOCC2)cc1. The number of hydrogen-bond donors (Lipinski definition) is 1. The summed E-state index contributed by atoms with van der Waals surface area (Å²) in [6.45, 7) is 1.00. The Balaban J connectivity index is 1.33. The van der Waals surface area contributed by atoms with Crippen molar-refractivity contribution in [3.05, 3.63) is 59.7 Å². The van der Waals surface area contributed by atoms with E-state index < -0.39 is 39.8 Å². The normalized spacial score (nSPS) is 22.9. The highest BCUT2D eigenvalue weighted by atomic mass is 32.2. The molecule has 3 aliphatic heterocycles. The lowest BCUT2D eigenvalue weighted by Crippen LogP contribution is -2.47. The van der Waals surface area contributed by atoms with Crippen molar-refractivity contribution < 1.29 is 32.3 Å². The Morgan fingerprint density at radius 1 is 1.00 bits per heavy atom. The number of nitrogens with one attached hydrogen (secondary N) is 1. The van der Waals surface area contributed by atoms with Gasteiger partial charge >= 0.3 is 6.03 Å². The molecule has 3 heterocycles. The van der Waals surface area contributed by atoms with Crippen molar-refractivity contribution >= 4 is 27.7 Å². The maximum Gasteiger partial charge on any atom is 0.325 e. The third-order valence-electron chi connectivity index (χ3n) is 6.34. The largest absolute Gasteiger partial charge is 0.493 e. The van der Waals surface area contributed by atoms with Crippen molar-refractivity contribution in [2.45, 2.75) is 16.9 Å². The van der Waals surface area contributed by atoms with Gasteiger partial charge in [0.25, 0.3) is 5.91 Å². The van der Waals surface area contributed by atoms with E-state index in [1.54, 1.807) is 24.3 Å². The molecule has 3 amide bonds. The highest BCUT2D eigenvalue weighted by Crippen LogP contribution is 2.41. The number of rotatable bonds is 5. The van der Waals surface area contributed by atoms with E-state index in [2.05, 4.69) is 5.32 Å². The van der Waals surface area contributed by atoms with Crippen molar-refractivity contribution in [1.82, 2.24) is 14.5 Å². The smallest absolute Gasteiger partial charge is 0.325 e. The third-order valence-corrected chi connectivity index (χ3v) is 8.26. The molecule has 2 aromatic carbocycles. The summed E-state index contributed by atoms with van der Waals surface area (Å²) in [5.74, 6) is -0.461. The molecule has 2 saturated heterocycles. The van der Waals surface area contributed by atoms with Crippen LogP contribution < -0.4 is 10.1 Å². The number of benzene rings is 2. The minimum atomic E-state index is -3.69. The van der Waals surface area contributed by atoms with Crippen LogP contribution in [0.25, 0.3) is 0 Å².